The second-order valence-corrected chi connectivity index (χ2v) is 34.3. The summed E-state index contributed by atoms with van der Waals surface area (Å²) in [5, 5.41) is 247. The first-order valence-corrected chi connectivity index (χ1v) is 42.8. The van der Waals surface area contributed by atoms with E-state index in [1.165, 1.54) is 53.3 Å². The summed E-state index contributed by atoms with van der Waals surface area (Å²) in [6.45, 7) is -3.93. The number of benzene rings is 5. The molecular formula is C76H99N5O34S4. The molecule has 0 spiro atoms. The minimum absolute atomic E-state index is 0.150. The van der Waals surface area contributed by atoms with Crippen molar-refractivity contribution in [3.63, 3.8) is 0 Å². The number of thioether (sulfide) groups is 2. The number of aromatic nitrogens is 2. The average molecular weight is 1750 g/mol. The van der Waals surface area contributed by atoms with E-state index in [0.29, 0.717) is 35.2 Å². The molecular weight excluding hydrogens is 1660 g/mol. The fourth-order valence-electron chi connectivity index (χ4n) is 16.2. The number of nitrogens with one attached hydrogen (secondary N) is 3. The van der Waals surface area contributed by atoms with Crippen LogP contribution in [0.25, 0.3) is 32.3 Å². The highest BCUT2D eigenvalue weighted by molar-refractivity contribution is 7.98. The van der Waals surface area contributed by atoms with Crippen LogP contribution in [0.15, 0.2) is 77.5 Å². The van der Waals surface area contributed by atoms with E-state index < -0.39 is 242 Å². The van der Waals surface area contributed by atoms with Crippen LogP contribution in [-0.4, -0.2) is 379 Å². The van der Waals surface area contributed by atoms with Crippen molar-refractivity contribution in [1.29, 1.82) is 0 Å². The second kappa shape index (κ2) is 38.8. The molecule has 11 aliphatic heterocycles. The Hall–Kier alpha value is -5.02. The molecule has 7 saturated heterocycles. The third-order valence-electron chi connectivity index (χ3n) is 22.6. The van der Waals surface area contributed by atoms with Gasteiger partial charge >= 0.3 is 0 Å². The van der Waals surface area contributed by atoms with Gasteiger partial charge in [-0.2, -0.15) is 23.5 Å². The van der Waals surface area contributed by atoms with Crippen LogP contribution in [-0.2, 0) is 97.5 Å². The summed E-state index contributed by atoms with van der Waals surface area (Å²) in [6.07, 6.45) is -61.6. The zero-order valence-corrected chi connectivity index (χ0v) is 66.8. The lowest BCUT2D eigenvalue weighted by Gasteiger charge is -2.50. The van der Waals surface area contributed by atoms with Gasteiger partial charge in [-0.1, -0.05) is 36.4 Å². The fraction of sp³-hybridized carbons (Fsp3) is 0.632. The van der Waals surface area contributed by atoms with Crippen molar-refractivity contribution < 1.29 is 168 Å². The van der Waals surface area contributed by atoms with Gasteiger partial charge in [0.2, 0.25) is 0 Å². The van der Waals surface area contributed by atoms with Crippen molar-refractivity contribution in [3.05, 3.63) is 104 Å². The molecule has 119 heavy (non-hydrogen) atoms. The van der Waals surface area contributed by atoms with Gasteiger partial charge in [-0.25, -0.2) is 9.97 Å². The summed E-state index contributed by atoms with van der Waals surface area (Å²) in [5.41, 5.74) is 4.69. The summed E-state index contributed by atoms with van der Waals surface area (Å²) >= 11 is 5.35. The molecule has 0 amide bonds. The molecule has 43 heteroatoms. The lowest BCUT2D eigenvalue weighted by atomic mass is 9.92. The maximum absolute atomic E-state index is 12.2. The van der Waals surface area contributed by atoms with E-state index >= 15 is 0 Å². The van der Waals surface area contributed by atoms with Crippen molar-refractivity contribution in [2.45, 2.75) is 240 Å². The number of rotatable bonds is 13. The number of aromatic hydroxyl groups is 1. The zero-order chi connectivity index (χ0) is 83.9. The largest absolute Gasteiger partial charge is 0.508 e. The number of hydrogen-bond donors (Lipinski definition) is 23. The molecule has 13 heterocycles. The van der Waals surface area contributed by atoms with Gasteiger partial charge in [0, 0.05) is 80.6 Å². The van der Waals surface area contributed by atoms with Crippen LogP contribution in [0.4, 0.5) is 17.1 Å². The molecule has 39 nitrogen and oxygen atoms in total. The average Bonchev–Trinajstić information content (AvgIpc) is 0.800. The predicted molar refractivity (Wildman–Crippen MR) is 418 cm³/mol. The number of thiazole rings is 2. The van der Waals surface area contributed by atoms with Crippen LogP contribution in [0.2, 0.25) is 0 Å². The smallest absolute Gasteiger partial charge is 0.187 e. The Morgan fingerprint density at radius 2 is 0.874 bits per heavy atom. The molecule has 0 saturated carbocycles. The molecule has 656 valence electrons. The Kier molecular flexibility index (Phi) is 29.0. The molecule has 7 fully saturated rings. The van der Waals surface area contributed by atoms with Gasteiger partial charge in [0.15, 0.2) is 37.7 Å². The van der Waals surface area contributed by atoms with Crippen LogP contribution in [0.5, 0.6) is 5.75 Å². The summed E-state index contributed by atoms with van der Waals surface area (Å²) in [4.78, 5) is 9.93. The number of anilines is 3. The van der Waals surface area contributed by atoms with Crippen molar-refractivity contribution in [2.75, 3.05) is 74.2 Å². The third-order valence-corrected chi connectivity index (χ3v) is 26.5. The van der Waals surface area contributed by atoms with Crippen molar-refractivity contribution >= 4 is 95.6 Å². The predicted octanol–water partition coefficient (Wildman–Crippen LogP) is -4.39. The van der Waals surface area contributed by atoms with Crippen molar-refractivity contribution in [3.8, 4) is 5.75 Å². The molecule has 18 rings (SSSR count). The van der Waals surface area contributed by atoms with Gasteiger partial charge in [0.25, 0.3) is 0 Å². The molecule has 2 aromatic heterocycles. The van der Waals surface area contributed by atoms with E-state index in [2.05, 4.69) is 52.3 Å². The first kappa shape index (κ1) is 88.8. The van der Waals surface area contributed by atoms with Crippen LogP contribution < -0.4 is 16.0 Å². The Morgan fingerprint density at radius 3 is 1.36 bits per heavy atom. The topological polar surface area (TPSA) is 596 Å². The number of phenolic OH excluding ortho intramolecular Hbond substituents is 1. The Labute approximate surface area is 694 Å². The molecule has 5 aromatic carbocycles. The number of fused-ring (bicyclic) bond motifs is 3. The fourth-order valence-corrected chi connectivity index (χ4v) is 19.9. The second-order valence-electron chi connectivity index (χ2n) is 30.4. The van der Waals surface area contributed by atoms with Gasteiger partial charge < -0.3 is 184 Å². The Balaban J connectivity index is 0.715. The van der Waals surface area contributed by atoms with Gasteiger partial charge in [-0.15, -0.1) is 22.7 Å². The van der Waals surface area contributed by atoms with Gasteiger partial charge in [-0.3, -0.25) is 0 Å². The van der Waals surface area contributed by atoms with E-state index in [1.807, 2.05) is 29.0 Å². The number of ether oxygens (including phenoxy) is 14. The lowest BCUT2D eigenvalue weighted by Crippen LogP contribution is -2.68. The van der Waals surface area contributed by atoms with E-state index in [1.54, 1.807) is 12.1 Å². The monoisotopic (exact) mass is 1750 g/mol. The van der Waals surface area contributed by atoms with E-state index in [4.69, 9.17) is 76.3 Å². The third kappa shape index (κ3) is 18.7. The maximum atomic E-state index is 12.2. The normalized spacial score (nSPS) is 40.1. The summed E-state index contributed by atoms with van der Waals surface area (Å²) in [5.74, 6) is 0.652. The molecule has 7 aromatic rings. The van der Waals surface area contributed by atoms with Gasteiger partial charge in [0.1, 0.15) is 174 Å². The molecule has 34 atom stereocenters. The van der Waals surface area contributed by atoms with Crippen LogP contribution in [0.1, 0.15) is 27.0 Å². The Morgan fingerprint density at radius 1 is 0.437 bits per heavy atom. The van der Waals surface area contributed by atoms with E-state index in [0.717, 1.165) is 60.0 Å². The molecule has 23 N–H and O–H groups in total. The number of methoxy groups -OCH3 is 1. The van der Waals surface area contributed by atoms with Crippen molar-refractivity contribution in [2.24, 2.45) is 0 Å². The number of nitrogens with zero attached hydrogens (tertiary/aromatic N) is 2. The lowest BCUT2D eigenvalue weighted by molar-refractivity contribution is -0.395. The van der Waals surface area contributed by atoms with Gasteiger partial charge in [-0.05, 0) is 52.1 Å². The van der Waals surface area contributed by atoms with Crippen LogP contribution in [0, 0.1) is 0 Å². The highest BCUT2D eigenvalue weighted by Crippen LogP contribution is 2.45. The number of aliphatic hydroxyl groups excluding tert-OH is 19. The quantitative estimate of drug-likeness (QED) is 0.0485. The number of phenols is 1. The minimum atomic E-state index is -2.22. The van der Waals surface area contributed by atoms with Crippen LogP contribution in [0.3, 0.4) is 0 Å². The first-order valence-electron chi connectivity index (χ1n) is 38.7. The number of hydrogen-bond acceptors (Lipinski definition) is 43. The standard InChI is InChI=1S/C76H99N5O34S4/c1-102-64-40(16-82)104-71(58(96)52(64)90)110-65-43(19-85)108-75(62(100)56(65)94)115-70-46-27-117-23-33-25-119-48(81-33)15-79-38-12-37(35-8-4-29-10-31(77-13-28-2-6-34(87)7-3-28)11-30-5-9-36(38)50(35)49(29)30)78-14-47-80-32(24-118-47)22-116-26-45-69(51(89)39(88)21-103-45)114-74-61(99)55(93)67(42(18-84)107-74)112-72-59(97)53(91)66(41(17-83)105-72)111-73-60(98)54(92)68(44(20-86)106-73)113-76(109-46)63(101)57(70)95/h2-12,24-25,39-46,51-79,82-101H,13-23,26-27H2,1H3/t39?,40-,41-,42-,43-,44-,45-,46-,51?,52?,53?,54?,55?,56?,57?,58?,59?,60?,61?,62?,63?,64-,65-,66-,67-,68-,69-,70-,71-,72-,73-,74-,75-,76-/m1/s1. The maximum Gasteiger partial charge on any atom is 0.187 e. The van der Waals surface area contributed by atoms with Crippen LogP contribution >= 0.6 is 46.2 Å². The zero-order valence-electron chi connectivity index (χ0n) is 63.5. The summed E-state index contributed by atoms with van der Waals surface area (Å²) < 4.78 is 83.2. The molecule has 11 aliphatic rings. The summed E-state index contributed by atoms with van der Waals surface area (Å²) in [6, 6.07) is 21.4. The minimum Gasteiger partial charge on any atom is -0.508 e. The SMILES string of the molecule is CO[C@H]1C(O)C(O)[C@@H](O[C@H]2C(O)C(O)[C@@H](O[C@H]3C(O)C(O)[C@@H]4O[C@@H]3CSCc3csc(n3)CNc3cc(c5ccc6cc(NCc7ccc(O)cc7)cc7ccc3c5c67)NCc3nc(cs3)CSC[C@H]3OCC(O)C(O)[C@@H]3O[C@H]3O[C@H](CO)[C@@H](O[C@H]5O[C@H](CO)[C@@H](O[C@H]6O[C@H](CO)[C@@H](O4)C(O)C6O)C(O)C5O)C(O)C3O)O[C@@H]2CO)O[C@@H]1CO. The van der Waals surface area contributed by atoms with Gasteiger partial charge in [0.05, 0.1) is 76.3 Å². The van der Waals surface area contributed by atoms with Crippen molar-refractivity contribution in [1.82, 2.24) is 9.97 Å². The number of aliphatic hydroxyl groups is 19. The molecule has 0 aliphatic carbocycles. The van der Waals surface area contributed by atoms with E-state index in [9.17, 15) is 102 Å². The first-order chi connectivity index (χ1) is 57.4. The highest BCUT2D eigenvalue weighted by Gasteiger charge is 2.59. The van der Waals surface area contributed by atoms with E-state index in [-0.39, 0.29) is 36.2 Å². The Bertz CT molecular complexity index is 4420. The molecule has 14 bridgehead atoms. The molecule has 14 unspecified atom stereocenters. The molecule has 0 radical (unpaired) electrons. The summed E-state index contributed by atoms with van der Waals surface area (Å²) in [7, 11) is 1.21. The highest BCUT2D eigenvalue weighted by atomic mass is 32.2.